The third kappa shape index (κ3) is 9.14. The van der Waals surface area contributed by atoms with Crippen LogP contribution in [-0.2, 0) is 22.1 Å². The molecule has 2 aromatic carbocycles. The first-order valence-corrected chi connectivity index (χ1v) is 12.5. The summed E-state index contributed by atoms with van der Waals surface area (Å²) in [4.78, 5) is 8.66. The first kappa shape index (κ1) is 25.2. The number of hydrogen-bond donors (Lipinski definition) is 2. The quantitative estimate of drug-likeness (QED) is 0.215. The molecule has 6 nitrogen and oxygen atoms in total. The average Bonchev–Trinajstić information content (AvgIpc) is 3.25. The predicted octanol–water partition coefficient (Wildman–Crippen LogP) is 5.76. The summed E-state index contributed by atoms with van der Waals surface area (Å²) in [6.45, 7) is 2.04. The Kier molecular flexibility index (Phi) is 10.7. The number of aryl methyl sites for hydroxylation is 1. The summed E-state index contributed by atoms with van der Waals surface area (Å²) in [5, 5.41) is 3.26. The molecule has 1 aromatic heterocycles. The Labute approximate surface area is 194 Å². The highest BCUT2D eigenvalue weighted by atomic mass is 31.1. The molecular formula is C25H31FNO5P. The maximum Gasteiger partial charge on any atom is 0.316 e. The van der Waals surface area contributed by atoms with Crippen LogP contribution >= 0.6 is 8.25 Å². The Morgan fingerprint density at radius 1 is 0.939 bits per heavy atom. The van der Waals surface area contributed by atoms with Gasteiger partial charge in [0.05, 0.1) is 18.8 Å². The fourth-order valence-corrected chi connectivity index (χ4v) is 3.81. The largest absolute Gasteiger partial charge is 0.493 e. The van der Waals surface area contributed by atoms with Crippen LogP contribution in [-0.4, -0.2) is 24.7 Å². The lowest BCUT2D eigenvalue weighted by Crippen LogP contribution is -2.16. The molecule has 3 rings (SSSR count). The number of halogens is 1. The van der Waals surface area contributed by atoms with Crippen molar-refractivity contribution < 1.29 is 27.5 Å². The summed E-state index contributed by atoms with van der Waals surface area (Å²) in [6, 6.07) is 18.5. The average molecular weight is 475 g/mol. The Morgan fingerprint density at radius 2 is 1.79 bits per heavy atom. The van der Waals surface area contributed by atoms with Crippen molar-refractivity contribution in [2.24, 2.45) is 0 Å². The topological polar surface area (TPSA) is 80.9 Å². The summed E-state index contributed by atoms with van der Waals surface area (Å²) in [7, 11) is -2.87. The molecule has 8 heteroatoms. The van der Waals surface area contributed by atoms with Crippen LogP contribution in [0.4, 0.5) is 4.39 Å². The molecule has 0 aliphatic carbocycles. The summed E-state index contributed by atoms with van der Waals surface area (Å²) < 4.78 is 39.9. The molecule has 0 spiro atoms. The van der Waals surface area contributed by atoms with E-state index in [4.69, 9.17) is 14.0 Å². The molecule has 0 fully saturated rings. The van der Waals surface area contributed by atoms with E-state index < -0.39 is 14.3 Å². The lowest BCUT2D eigenvalue weighted by molar-refractivity contribution is 0.276. The molecule has 3 aromatic rings. The molecule has 0 bridgehead atoms. The van der Waals surface area contributed by atoms with Gasteiger partial charge >= 0.3 is 8.25 Å². The summed E-state index contributed by atoms with van der Waals surface area (Å²) >= 11 is 0. The Morgan fingerprint density at radius 3 is 2.55 bits per heavy atom. The predicted molar refractivity (Wildman–Crippen MR) is 127 cm³/mol. The summed E-state index contributed by atoms with van der Waals surface area (Å²) in [5.74, 6) is 1.09. The third-order valence-electron chi connectivity index (χ3n) is 5.15. The minimum atomic E-state index is -2.87. The van der Waals surface area contributed by atoms with E-state index in [1.165, 1.54) is 11.6 Å². The Balaban J connectivity index is 1.49. The Bertz CT molecular complexity index is 995. The maximum absolute atomic E-state index is 13.5. The highest BCUT2D eigenvalue weighted by Crippen LogP contribution is 2.32. The van der Waals surface area contributed by atoms with Crippen LogP contribution in [0, 0.1) is 6.01 Å². The molecule has 0 radical (unpaired) electrons. The fraction of sp³-hybridized carbons (Fsp3) is 0.360. The molecule has 33 heavy (non-hydrogen) atoms. The van der Waals surface area contributed by atoms with Gasteiger partial charge in [0.15, 0.2) is 0 Å². The van der Waals surface area contributed by atoms with Gasteiger partial charge in [0, 0.05) is 12.6 Å². The third-order valence-corrected chi connectivity index (χ3v) is 5.60. The number of ether oxygens (including phenoxy) is 1. The van der Waals surface area contributed by atoms with Gasteiger partial charge in [-0.1, -0.05) is 36.4 Å². The zero-order valence-electron chi connectivity index (χ0n) is 18.6. The second-order valence-electron chi connectivity index (χ2n) is 7.72. The van der Waals surface area contributed by atoms with E-state index in [1.54, 1.807) is 6.07 Å². The van der Waals surface area contributed by atoms with Crippen LogP contribution in [0.3, 0.4) is 0 Å². The van der Waals surface area contributed by atoms with E-state index in [0.717, 1.165) is 31.2 Å². The normalized spacial score (nSPS) is 12.1. The lowest BCUT2D eigenvalue weighted by atomic mass is 10.1. The number of nitrogens with one attached hydrogen (secondary N) is 1. The van der Waals surface area contributed by atoms with E-state index in [-0.39, 0.29) is 6.61 Å². The van der Waals surface area contributed by atoms with Gasteiger partial charge in [0.2, 0.25) is 0 Å². The zero-order valence-corrected chi connectivity index (χ0v) is 19.6. The van der Waals surface area contributed by atoms with Crippen molar-refractivity contribution in [1.29, 1.82) is 0 Å². The maximum atomic E-state index is 13.5. The SMILES string of the molecule is O=[PH](O)OCCCNCc1ccc(OCCCCCc2ccccc2)c(-c2ccc(F)o2)c1. The highest BCUT2D eigenvalue weighted by Gasteiger charge is 2.12. The number of rotatable bonds is 15. The molecule has 0 amide bonds. The smallest absolute Gasteiger partial charge is 0.316 e. The second-order valence-corrected chi connectivity index (χ2v) is 8.54. The lowest BCUT2D eigenvalue weighted by Gasteiger charge is -2.13. The van der Waals surface area contributed by atoms with E-state index >= 15 is 0 Å². The standard InChI is InChI=1S/C25H31FNO5P/c26-25-14-13-24(32-25)22-18-21(19-27-15-7-17-31-33(28)29)11-12-23(22)30-16-6-2-5-10-20-8-3-1-4-9-20/h1,3-4,8-9,11-14,18,27,33H,2,5-7,10,15-17,19H2,(H,28,29). The minimum absolute atomic E-state index is 0.232. The highest BCUT2D eigenvalue weighted by molar-refractivity contribution is 7.32. The number of furan rings is 1. The monoisotopic (exact) mass is 475 g/mol. The Hall–Kier alpha value is -2.44. The molecule has 2 N–H and O–H groups in total. The van der Waals surface area contributed by atoms with Crippen LogP contribution in [0.1, 0.15) is 36.8 Å². The van der Waals surface area contributed by atoms with Gasteiger partial charge in [-0.25, -0.2) is 0 Å². The van der Waals surface area contributed by atoms with Crippen molar-refractivity contribution in [2.45, 2.75) is 38.6 Å². The van der Waals surface area contributed by atoms with E-state index in [0.29, 0.717) is 43.2 Å². The van der Waals surface area contributed by atoms with Crippen molar-refractivity contribution >= 4 is 8.25 Å². The number of unbranched alkanes of at least 4 members (excludes halogenated alkanes) is 2. The second kappa shape index (κ2) is 14.0. The van der Waals surface area contributed by atoms with Gasteiger partial charge < -0.3 is 23.9 Å². The minimum Gasteiger partial charge on any atom is -0.493 e. The van der Waals surface area contributed by atoms with Crippen LogP contribution < -0.4 is 10.1 Å². The van der Waals surface area contributed by atoms with Gasteiger partial charge in [-0.15, -0.1) is 0 Å². The van der Waals surface area contributed by atoms with Crippen LogP contribution in [0.5, 0.6) is 5.75 Å². The first-order chi connectivity index (χ1) is 16.1. The molecule has 1 atom stereocenters. The van der Waals surface area contributed by atoms with Crippen molar-refractivity contribution in [3.8, 4) is 17.1 Å². The molecule has 178 valence electrons. The van der Waals surface area contributed by atoms with Crippen LogP contribution in [0.25, 0.3) is 11.3 Å². The zero-order chi connectivity index (χ0) is 23.3. The van der Waals surface area contributed by atoms with Gasteiger partial charge in [-0.3, -0.25) is 4.57 Å². The number of benzene rings is 2. The van der Waals surface area contributed by atoms with E-state index in [1.807, 2.05) is 24.3 Å². The van der Waals surface area contributed by atoms with Crippen molar-refractivity contribution in [1.82, 2.24) is 5.32 Å². The van der Waals surface area contributed by atoms with Crippen LogP contribution in [0.2, 0.25) is 0 Å². The fourth-order valence-electron chi connectivity index (χ4n) is 3.49. The van der Waals surface area contributed by atoms with E-state index in [2.05, 4.69) is 34.1 Å². The van der Waals surface area contributed by atoms with Gasteiger partial charge in [-0.2, -0.15) is 4.39 Å². The molecule has 0 saturated carbocycles. The first-order valence-electron chi connectivity index (χ1n) is 11.2. The van der Waals surface area contributed by atoms with Crippen molar-refractivity contribution in [3.63, 3.8) is 0 Å². The van der Waals surface area contributed by atoms with Crippen molar-refractivity contribution in [2.75, 3.05) is 19.8 Å². The molecule has 0 aliphatic heterocycles. The molecule has 0 aliphatic rings. The molecule has 0 saturated heterocycles. The van der Waals surface area contributed by atoms with Gasteiger partial charge in [0.1, 0.15) is 11.5 Å². The van der Waals surface area contributed by atoms with Gasteiger partial charge in [0.25, 0.3) is 6.01 Å². The molecule has 1 unspecified atom stereocenters. The van der Waals surface area contributed by atoms with Crippen molar-refractivity contribution in [3.05, 3.63) is 77.8 Å². The molecular weight excluding hydrogens is 444 g/mol. The summed E-state index contributed by atoms with van der Waals surface area (Å²) in [5.41, 5.74) is 3.06. The van der Waals surface area contributed by atoms with E-state index in [9.17, 15) is 8.96 Å². The number of hydrogen-bond acceptors (Lipinski definition) is 5. The molecule has 1 heterocycles. The summed E-state index contributed by atoms with van der Waals surface area (Å²) in [6.07, 6.45) is 4.79. The van der Waals surface area contributed by atoms with Crippen LogP contribution in [0.15, 0.2) is 65.1 Å². The van der Waals surface area contributed by atoms with Gasteiger partial charge in [-0.05, 0) is 68.0 Å².